The Morgan fingerprint density at radius 1 is 1.50 bits per heavy atom. The van der Waals surface area contributed by atoms with E-state index in [0.717, 1.165) is 38.3 Å². The molecule has 2 atom stereocenters. The molecule has 3 rings (SSSR count). The van der Waals surface area contributed by atoms with Gasteiger partial charge >= 0.3 is 0 Å². The zero-order valence-corrected chi connectivity index (χ0v) is 10.5. The van der Waals surface area contributed by atoms with Gasteiger partial charge in [-0.2, -0.15) is 0 Å². The lowest BCUT2D eigenvalue weighted by Crippen LogP contribution is -2.38. The number of nitrogens with zero attached hydrogens (tertiary/aromatic N) is 2. The molecule has 6 heteroatoms. The predicted octanol–water partition coefficient (Wildman–Crippen LogP) is 0.837. The minimum absolute atomic E-state index is 0.0999. The molecule has 2 heterocycles. The SMILES string of the molecule is CC(NC(=O)c1n[nH]c(C2CC2)n1)C1CCOC1. The normalized spacial score (nSPS) is 25.1. The third-order valence-corrected chi connectivity index (χ3v) is 3.70. The van der Waals surface area contributed by atoms with Gasteiger partial charge in [-0.25, -0.2) is 4.98 Å². The van der Waals surface area contributed by atoms with Gasteiger partial charge in [-0.1, -0.05) is 0 Å². The number of aromatic amines is 1. The number of ether oxygens (including phenoxy) is 1. The summed E-state index contributed by atoms with van der Waals surface area (Å²) in [6.07, 6.45) is 3.29. The molecular formula is C12H18N4O2. The average molecular weight is 250 g/mol. The fraction of sp³-hybridized carbons (Fsp3) is 0.750. The molecule has 1 saturated heterocycles. The van der Waals surface area contributed by atoms with E-state index in [2.05, 4.69) is 20.5 Å². The van der Waals surface area contributed by atoms with Crippen LogP contribution in [0.5, 0.6) is 0 Å². The zero-order valence-electron chi connectivity index (χ0n) is 10.5. The van der Waals surface area contributed by atoms with Crippen molar-refractivity contribution in [3.8, 4) is 0 Å². The summed E-state index contributed by atoms with van der Waals surface area (Å²) in [4.78, 5) is 16.2. The van der Waals surface area contributed by atoms with Crippen LogP contribution in [-0.4, -0.2) is 40.3 Å². The molecule has 98 valence electrons. The van der Waals surface area contributed by atoms with Gasteiger partial charge in [-0.15, -0.1) is 5.10 Å². The van der Waals surface area contributed by atoms with E-state index in [9.17, 15) is 4.79 Å². The van der Waals surface area contributed by atoms with Crippen LogP contribution in [0.3, 0.4) is 0 Å². The highest BCUT2D eigenvalue weighted by atomic mass is 16.5. The largest absolute Gasteiger partial charge is 0.381 e. The van der Waals surface area contributed by atoms with E-state index in [0.29, 0.717) is 11.8 Å². The van der Waals surface area contributed by atoms with E-state index in [1.807, 2.05) is 6.92 Å². The molecule has 0 radical (unpaired) electrons. The first kappa shape index (κ1) is 11.6. The highest BCUT2D eigenvalue weighted by Gasteiger charge is 2.29. The van der Waals surface area contributed by atoms with Crippen LogP contribution >= 0.6 is 0 Å². The fourth-order valence-electron chi connectivity index (χ4n) is 2.25. The first-order valence-corrected chi connectivity index (χ1v) is 6.55. The summed E-state index contributed by atoms with van der Waals surface area (Å²) in [5.41, 5.74) is 0. The average Bonchev–Trinajstić information content (AvgIpc) is 2.91. The number of amides is 1. The second-order valence-corrected chi connectivity index (χ2v) is 5.20. The minimum atomic E-state index is -0.197. The predicted molar refractivity (Wildman–Crippen MR) is 64.2 cm³/mol. The van der Waals surface area contributed by atoms with Gasteiger partial charge in [0.2, 0.25) is 5.82 Å². The second-order valence-electron chi connectivity index (χ2n) is 5.20. The lowest BCUT2D eigenvalue weighted by molar-refractivity contribution is 0.0912. The Morgan fingerprint density at radius 2 is 2.33 bits per heavy atom. The summed E-state index contributed by atoms with van der Waals surface area (Å²) in [6.45, 7) is 3.52. The summed E-state index contributed by atoms with van der Waals surface area (Å²) in [5, 5.41) is 9.77. The molecule has 1 aromatic heterocycles. The lowest BCUT2D eigenvalue weighted by Gasteiger charge is -2.18. The van der Waals surface area contributed by atoms with Crippen LogP contribution in [0.1, 0.15) is 48.5 Å². The highest BCUT2D eigenvalue weighted by molar-refractivity contribution is 5.90. The molecule has 1 aliphatic carbocycles. The van der Waals surface area contributed by atoms with Crippen molar-refractivity contribution in [3.05, 3.63) is 11.6 Å². The molecule has 1 saturated carbocycles. The number of H-pyrrole nitrogens is 1. The fourth-order valence-corrected chi connectivity index (χ4v) is 2.25. The van der Waals surface area contributed by atoms with Crippen LogP contribution in [-0.2, 0) is 4.74 Å². The van der Waals surface area contributed by atoms with Crippen molar-refractivity contribution in [3.63, 3.8) is 0 Å². The molecule has 2 aliphatic rings. The van der Waals surface area contributed by atoms with Gasteiger partial charge < -0.3 is 10.1 Å². The van der Waals surface area contributed by atoms with Crippen LogP contribution in [0.2, 0.25) is 0 Å². The number of carbonyl (C=O) groups excluding carboxylic acids is 1. The summed E-state index contributed by atoms with van der Waals surface area (Å²) in [6, 6.07) is 0.0999. The standard InChI is InChI=1S/C12H18N4O2/c1-7(9-4-5-18-6-9)13-12(17)11-14-10(15-16-11)8-2-3-8/h7-9H,2-6H2,1H3,(H,13,17)(H,14,15,16). The van der Waals surface area contributed by atoms with Crippen molar-refractivity contribution in [2.45, 2.75) is 38.1 Å². The van der Waals surface area contributed by atoms with Crippen molar-refractivity contribution < 1.29 is 9.53 Å². The van der Waals surface area contributed by atoms with Crippen molar-refractivity contribution in [1.82, 2.24) is 20.5 Å². The smallest absolute Gasteiger partial charge is 0.291 e. The van der Waals surface area contributed by atoms with Gasteiger partial charge in [0, 0.05) is 24.5 Å². The maximum absolute atomic E-state index is 12.0. The van der Waals surface area contributed by atoms with Crippen LogP contribution < -0.4 is 5.32 Å². The lowest BCUT2D eigenvalue weighted by atomic mass is 10.0. The third kappa shape index (κ3) is 2.38. The Balaban J connectivity index is 1.59. The molecule has 1 amide bonds. The molecule has 6 nitrogen and oxygen atoms in total. The molecule has 18 heavy (non-hydrogen) atoms. The number of aromatic nitrogens is 3. The molecule has 1 aromatic rings. The quantitative estimate of drug-likeness (QED) is 0.829. The summed E-state index contributed by atoms with van der Waals surface area (Å²) < 4.78 is 5.32. The molecular weight excluding hydrogens is 232 g/mol. The molecule has 2 N–H and O–H groups in total. The number of carbonyl (C=O) groups is 1. The maximum Gasteiger partial charge on any atom is 0.291 e. The number of nitrogens with one attached hydrogen (secondary N) is 2. The van der Waals surface area contributed by atoms with E-state index in [1.54, 1.807) is 0 Å². The topological polar surface area (TPSA) is 79.9 Å². The molecule has 1 aliphatic heterocycles. The molecule has 2 fully saturated rings. The molecule has 0 aromatic carbocycles. The first-order chi connectivity index (χ1) is 8.74. The molecule has 0 bridgehead atoms. The van der Waals surface area contributed by atoms with E-state index in [-0.39, 0.29) is 17.8 Å². The first-order valence-electron chi connectivity index (χ1n) is 6.55. The second kappa shape index (κ2) is 4.68. The van der Waals surface area contributed by atoms with E-state index in [4.69, 9.17) is 4.74 Å². The van der Waals surface area contributed by atoms with Gasteiger partial charge in [-0.05, 0) is 26.2 Å². The van der Waals surface area contributed by atoms with Gasteiger partial charge in [0.25, 0.3) is 5.91 Å². The van der Waals surface area contributed by atoms with Crippen molar-refractivity contribution in [2.75, 3.05) is 13.2 Å². The Kier molecular flexibility index (Phi) is 3.03. The Labute approximate surface area is 106 Å². The van der Waals surface area contributed by atoms with Crippen LogP contribution in [0.25, 0.3) is 0 Å². The van der Waals surface area contributed by atoms with Crippen molar-refractivity contribution in [1.29, 1.82) is 0 Å². The van der Waals surface area contributed by atoms with Crippen LogP contribution in [0, 0.1) is 5.92 Å². The zero-order chi connectivity index (χ0) is 12.5. The maximum atomic E-state index is 12.0. The van der Waals surface area contributed by atoms with Gasteiger partial charge in [0.05, 0.1) is 6.61 Å². The number of hydrogen-bond acceptors (Lipinski definition) is 4. The Bertz CT molecular complexity index is 435. The van der Waals surface area contributed by atoms with Crippen LogP contribution in [0.4, 0.5) is 0 Å². The van der Waals surface area contributed by atoms with E-state index >= 15 is 0 Å². The highest BCUT2D eigenvalue weighted by Crippen LogP contribution is 2.37. The van der Waals surface area contributed by atoms with Crippen molar-refractivity contribution >= 4 is 5.91 Å². The third-order valence-electron chi connectivity index (χ3n) is 3.70. The van der Waals surface area contributed by atoms with Crippen molar-refractivity contribution in [2.24, 2.45) is 5.92 Å². The summed E-state index contributed by atoms with van der Waals surface area (Å²) in [5.74, 6) is 1.78. The number of rotatable bonds is 4. The Hall–Kier alpha value is -1.43. The van der Waals surface area contributed by atoms with E-state index < -0.39 is 0 Å². The number of hydrogen-bond donors (Lipinski definition) is 2. The minimum Gasteiger partial charge on any atom is -0.381 e. The van der Waals surface area contributed by atoms with E-state index in [1.165, 1.54) is 0 Å². The summed E-state index contributed by atoms with van der Waals surface area (Å²) in [7, 11) is 0. The molecule has 2 unspecified atom stereocenters. The van der Waals surface area contributed by atoms with Gasteiger partial charge in [-0.3, -0.25) is 9.89 Å². The monoisotopic (exact) mass is 250 g/mol. The molecule has 0 spiro atoms. The van der Waals surface area contributed by atoms with Gasteiger partial charge in [0.15, 0.2) is 0 Å². The van der Waals surface area contributed by atoms with Gasteiger partial charge in [0.1, 0.15) is 5.82 Å². The van der Waals surface area contributed by atoms with Crippen LogP contribution in [0.15, 0.2) is 0 Å². The Morgan fingerprint density at radius 3 is 3.00 bits per heavy atom. The summed E-state index contributed by atoms with van der Waals surface area (Å²) >= 11 is 0.